The van der Waals surface area contributed by atoms with Crippen molar-refractivity contribution in [3.63, 3.8) is 0 Å². The highest BCUT2D eigenvalue weighted by Gasteiger charge is 2.18. The SMILES string of the molecule is C=C(C)Cn1c(N/N=C/c2cccc([N+](=O)[O-])c2)nc2c1c(=O)n(C)c(=O)n2C. The predicted octanol–water partition coefficient (Wildman–Crippen LogP) is 1.36. The summed E-state index contributed by atoms with van der Waals surface area (Å²) in [7, 11) is 2.92. The second kappa shape index (κ2) is 7.54. The van der Waals surface area contributed by atoms with Gasteiger partial charge in [0.05, 0.1) is 11.1 Å². The Hall–Kier alpha value is -4.02. The number of aryl methyl sites for hydroxylation is 1. The third-order valence-electron chi connectivity index (χ3n) is 4.24. The first-order valence-electron chi connectivity index (χ1n) is 8.55. The van der Waals surface area contributed by atoms with Crippen molar-refractivity contribution in [2.45, 2.75) is 13.5 Å². The molecule has 29 heavy (non-hydrogen) atoms. The number of aromatic nitrogens is 4. The van der Waals surface area contributed by atoms with E-state index in [4.69, 9.17) is 0 Å². The van der Waals surface area contributed by atoms with Crippen molar-refractivity contribution in [1.82, 2.24) is 18.7 Å². The molecule has 0 atom stereocenters. The highest BCUT2D eigenvalue weighted by molar-refractivity contribution is 5.81. The van der Waals surface area contributed by atoms with Crippen molar-refractivity contribution in [1.29, 1.82) is 0 Å². The van der Waals surface area contributed by atoms with Crippen LogP contribution >= 0.6 is 0 Å². The highest BCUT2D eigenvalue weighted by Crippen LogP contribution is 2.17. The molecule has 150 valence electrons. The molecule has 2 aromatic heterocycles. The van der Waals surface area contributed by atoms with Crippen LogP contribution in [0.25, 0.3) is 11.2 Å². The quantitative estimate of drug-likeness (QED) is 0.289. The van der Waals surface area contributed by atoms with Crippen molar-refractivity contribution in [3.05, 3.63) is 72.9 Å². The lowest BCUT2D eigenvalue weighted by Gasteiger charge is -2.08. The van der Waals surface area contributed by atoms with Gasteiger partial charge in [-0.2, -0.15) is 10.1 Å². The second-order valence-electron chi connectivity index (χ2n) is 6.58. The molecule has 0 unspecified atom stereocenters. The average Bonchev–Trinajstić information content (AvgIpc) is 3.02. The van der Waals surface area contributed by atoms with Crippen LogP contribution in [0.3, 0.4) is 0 Å². The van der Waals surface area contributed by atoms with E-state index in [1.807, 2.05) is 0 Å². The predicted molar refractivity (Wildman–Crippen MR) is 109 cm³/mol. The molecule has 0 fully saturated rings. The number of anilines is 1. The molecule has 3 aromatic rings. The highest BCUT2D eigenvalue weighted by atomic mass is 16.6. The number of non-ortho nitro benzene ring substituents is 1. The molecule has 1 N–H and O–H groups in total. The van der Waals surface area contributed by atoms with E-state index in [0.29, 0.717) is 12.1 Å². The largest absolute Gasteiger partial charge is 0.332 e. The zero-order chi connectivity index (χ0) is 21.3. The van der Waals surface area contributed by atoms with Gasteiger partial charge in [-0.05, 0) is 6.92 Å². The van der Waals surface area contributed by atoms with Gasteiger partial charge in [-0.15, -0.1) is 0 Å². The van der Waals surface area contributed by atoms with Crippen LogP contribution < -0.4 is 16.7 Å². The number of benzene rings is 1. The molecular weight excluding hydrogens is 378 g/mol. The van der Waals surface area contributed by atoms with Crippen LogP contribution in [-0.4, -0.2) is 29.8 Å². The zero-order valence-corrected chi connectivity index (χ0v) is 16.1. The molecule has 0 aliphatic rings. The van der Waals surface area contributed by atoms with Gasteiger partial charge in [0, 0.05) is 38.3 Å². The van der Waals surface area contributed by atoms with Crippen LogP contribution in [0.15, 0.2) is 51.1 Å². The average molecular weight is 397 g/mol. The Balaban J connectivity index is 2.06. The first kappa shape index (κ1) is 19.7. The van der Waals surface area contributed by atoms with Crippen LogP contribution in [0.5, 0.6) is 0 Å². The Morgan fingerprint density at radius 1 is 1.34 bits per heavy atom. The summed E-state index contributed by atoms with van der Waals surface area (Å²) >= 11 is 0. The number of nitrogens with one attached hydrogen (secondary N) is 1. The number of allylic oxidation sites excluding steroid dienone is 1. The minimum Gasteiger partial charge on any atom is -0.299 e. The lowest BCUT2D eigenvalue weighted by Crippen LogP contribution is -2.37. The third-order valence-corrected chi connectivity index (χ3v) is 4.24. The molecule has 3 rings (SSSR count). The van der Waals surface area contributed by atoms with Gasteiger partial charge in [-0.25, -0.2) is 10.2 Å². The van der Waals surface area contributed by atoms with Gasteiger partial charge >= 0.3 is 5.69 Å². The van der Waals surface area contributed by atoms with E-state index < -0.39 is 16.2 Å². The Morgan fingerprint density at radius 3 is 2.72 bits per heavy atom. The maximum atomic E-state index is 12.6. The molecule has 0 aliphatic carbocycles. The summed E-state index contributed by atoms with van der Waals surface area (Å²) in [6, 6.07) is 5.97. The normalized spacial score (nSPS) is 11.3. The number of nitrogens with zero attached hydrogens (tertiary/aromatic N) is 6. The Morgan fingerprint density at radius 2 is 2.07 bits per heavy atom. The van der Waals surface area contributed by atoms with Gasteiger partial charge in [0.15, 0.2) is 11.2 Å². The number of fused-ring (bicyclic) bond motifs is 1. The molecule has 11 heteroatoms. The van der Waals surface area contributed by atoms with Crippen molar-refractivity contribution in [3.8, 4) is 0 Å². The summed E-state index contributed by atoms with van der Waals surface area (Å²) in [5, 5.41) is 15.0. The van der Waals surface area contributed by atoms with E-state index in [1.165, 1.54) is 37.0 Å². The van der Waals surface area contributed by atoms with Crippen molar-refractivity contribution in [2.75, 3.05) is 5.43 Å². The van der Waals surface area contributed by atoms with E-state index in [0.717, 1.165) is 10.1 Å². The van der Waals surface area contributed by atoms with Gasteiger partial charge in [0.1, 0.15) is 0 Å². The van der Waals surface area contributed by atoms with Gasteiger partial charge < -0.3 is 0 Å². The minimum absolute atomic E-state index is 0.0537. The van der Waals surface area contributed by atoms with Crippen molar-refractivity contribution >= 4 is 29.0 Å². The maximum Gasteiger partial charge on any atom is 0.332 e. The van der Waals surface area contributed by atoms with Crippen LogP contribution in [0.2, 0.25) is 0 Å². The molecular formula is C18H19N7O4. The van der Waals surface area contributed by atoms with Crippen molar-refractivity contribution < 1.29 is 4.92 Å². The molecule has 0 saturated heterocycles. The van der Waals surface area contributed by atoms with Crippen LogP contribution in [0, 0.1) is 10.1 Å². The molecule has 11 nitrogen and oxygen atoms in total. The molecule has 0 aliphatic heterocycles. The number of nitro groups is 1. The lowest BCUT2D eigenvalue weighted by molar-refractivity contribution is -0.384. The van der Waals surface area contributed by atoms with E-state index in [-0.39, 0.29) is 22.8 Å². The number of imidazole rings is 1. The summed E-state index contributed by atoms with van der Waals surface area (Å²) in [6.07, 6.45) is 1.40. The van der Waals surface area contributed by atoms with Gasteiger partial charge in [0.25, 0.3) is 11.2 Å². The van der Waals surface area contributed by atoms with E-state index in [2.05, 4.69) is 22.1 Å². The first-order chi connectivity index (χ1) is 13.7. The first-order valence-corrected chi connectivity index (χ1v) is 8.55. The fourth-order valence-corrected chi connectivity index (χ4v) is 2.84. The van der Waals surface area contributed by atoms with E-state index >= 15 is 0 Å². The van der Waals surface area contributed by atoms with Gasteiger partial charge in [0.2, 0.25) is 5.95 Å². The number of rotatable bonds is 6. The second-order valence-corrected chi connectivity index (χ2v) is 6.58. The molecule has 2 heterocycles. The fraction of sp³-hybridized carbons (Fsp3) is 0.222. The smallest absolute Gasteiger partial charge is 0.299 e. The molecule has 0 spiro atoms. The van der Waals surface area contributed by atoms with E-state index in [1.54, 1.807) is 23.6 Å². The number of hydrogen-bond donors (Lipinski definition) is 1. The maximum absolute atomic E-state index is 12.6. The minimum atomic E-state index is -0.493. The Labute approximate surface area is 164 Å². The lowest BCUT2D eigenvalue weighted by atomic mass is 10.2. The number of nitro benzene ring substituents is 1. The zero-order valence-electron chi connectivity index (χ0n) is 16.1. The van der Waals surface area contributed by atoms with E-state index in [9.17, 15) is 19.7 Å². The molecule has 0 bridgehead atoms. The fourth-order valence-electron chi connectivity index (χ4n) is 2.84. The Kier molecular flexibility index (Phi) is 5.13. The summed E-state index contributed by atoms with van der Waals surface area (Å²) in [4.78, 5) is 39.6. The monoisotopic (exact) mass is 397 g/mol. The molecule has 0 radical (unpaired) electrons. The standard InChI is InChI=1S/C18H19N7O4/c1-11(2)10-24-14-15(22(3)18(27)23(4)16(14)26)20-17(24)21-19-9-12-6-5-7-13(8-12)25(28)29/h5-9H,1,10H2,2-4H3,(H,20,21)/b19-9+. The Bertz CT molecular complexity index is 1280. The molecule has 0 saturated carbocycles. The summed E-state index contributed by atoms with van der Waals surface area (Å²) in [5.41, 5.74) is 3.46. The van der Waals surface area contributed by atoms with Gasteiger partial charge in [-0.1, -0.05) is 24.3 Å². The summed E-state index contributed by atoms with van der Waals surface area (Å²) in [5.74, 6) is 0.239. The van der Waals surface area contributed by atoms with Crippen LogP contribution in [0.1, 0.15) is 12.5 Å². The number of hydrogen-bond acceptors (Lipinski definition) is 7. The summed E-state index contributed by atoms with van der Waals surface area (Å²) < 4.78 is 3.88. The molecule has 1 aromatic carbocycles. The van der Waals surface area contributed by atoms with Crippen molar-refractivity contribution in [2.24, 2.45) is 19.2 Å². The number of hydrazone groups is 1. The summed E-state index contributed by atoms with van der Waals surface area (Å²) in [6.45, 7) is 5.96. The molecule has 0 amide bonds. The van der Waals surface area contributed by atoms with Crippen LogP contribution in [0.4, 0.5) is 11.6 Å². The van der Waals surface area contributed by atoms with Gasteiger partial charge in [-0.3, -0.25) is 28.6 Å². The third kappa shape index (κ3) is 3.70. The topological polar surface area (TPSA) is 129 Å². The van der Waals surface area contributed by atoms with Crippen LogP contribution in [-0.2, 0) is 20.6 Å².